The van der Waals surface area contributed by atoms with Crippen LogP contribution in [0.5, 0.6) is 11.5 Å². The van der Waals surface area contributed by atoms with Gasteiger partial charge >= 0.3 is 5.97 Å². The highest BCUT2D eigenvalue weighted by atomic mass is 35.5. The first-order chi connectivity index (χ1) is 12.3. The Bertz CT molecular complexity index is 825. The number of hydrogen-bond donors (Lipinski definition) is 1. The molecular weight excluding hydrogens is 381 g/mol. The molecule has 1 amide bonds. The molecule has 0 aliphatic rings. The molecule has 2 aromatic rings. The van der Waals surface area contributed by atoms with Gasteiger partial charge in [-0.25, -0.2) is 4.79 Å². The van der Waals surface area contributed by atoms with Crippen LogP contribution >= 0.6 is 23.2 Å². The van der Waals surface area contributed by atoms with Gasteiger partial charge in [-0.3, -0.25) is 4.79 Å². The van der Waals surface area contributed by atoms with Crippen LogP contribution in [-0.2, 0) is 9.53 Å². The molecule has 0 unspecified atom stereocenters. The SMILES string of the molecule is COc1ccc(NC(=O)[C@H](C)OC(=O)c2ccc(Cl)cc2Cl)cc1OC. The van der Waals surface area contributed by atoms with Crippen LogP contribution in [0.25, 0.3) is 0 Å². The molecule has 0 heterocycles. The molecule has 0 saturated heterocycles. The van der Waals surface area contributed by atoms with Crippen molar-refractivity contribution in [3.63, 3.8) is 0 Å². The normalized spacial score (nSPS) is 11.4. The Balaban J connectivity index is 2.04. The van der Waals surface area contributed by atoms with Crippen molar-refractivity contribution in [3.05, 3.63) is 52.0 Å². The standard InChI is InChI=1S/C18H17Cl2NO5/c1-10(26-18(23)13-6-4-11(19)8-14(13)20)17(22)21-12-5-7-15(24-2)16(9-12)25-3/h4-10H,1-3H3,(H,21,22)/t10-/m0/s1. The third kappa shape index (κ3) is 4.80. The zero-order chi connectivity index (χ0) is 19.3. The predicted molar refractivity (Wildman–Crippen MR) is 99.5 cm³/mol. The number of nitrogens with one attached hydrogen (secondary N) is 1. The highest BCUT2D eigenvalue weighted by molar-refractivity contribution is 6.36. The molecule has 0 fully saturated rings. The topological polar surface area (TPSA) is 73.9 Å². The molecule has 138 valence electrons. The highest BCUT2D eigenvalue weighted by Gasteiger charge is 2.21. The zero-order valence-electron chi connectivity index (χ0n) is 14.3. The summed E-state index contributed by atoms with van der Waals surface area (Å²) in [6.45, 7) is 1.46. The molecule has 1 atom stereocenters. The summed E-state index contributed by atoms with van der Waals surface area (Å²) in [7, 11) is 3.00. The lowest BCUT2D eigenvalue weighted by Gasteiger charge is -2.15. The van der Waals surface area contributed by atoms with Crippen LogP contribution in [0.15, 0.2) is 36.4 Å². The molecular formula is C18H17Cl2NO5. The van der Waals surface area contributed by atoms with Crippen molar-refractivity contribution in [2.24, 2.45) is 0 Å². The van der Waals surface area contributed by atoms with Gasteiger partial charge in [0.1, 0.15) is 0 Å². The molecule has 1 N–H and O–H groups in total. The van der Waals surface area contributed by atoms with E-state index in [9.17, 15) is 9.59 Å². The predicted octanol–water partition coefficient (Wildman–Crippen LogP) is 4.19. The Kier molecular flexibility index (Phi) is 6.71. The lowest BCUT2D eigenvalue weighted by molar-refractivity contribution is -0.123. The fraction of sp³-hybridized carbons (Fsp3) is 0.222. The first kappa shape index (κ1) is 19.9. The van der Waals surface area contributed by atoms with Gasteiger partial charge in [0.25, 0.3) is 5.91 Å². The van der Waals surface area contributed by atoms with E-state index in [0.29, 0.717) is 22.2 Å². The minimum atomic E-state index is -1.04. The molecule has 0 aliphatic heterocycles. The van der Waals surface area contributed by atoms with Gasteiger partial charge in [0.2, 0.25) is 0 Å². The van der Waals surface area contributed by atoms with Gasteiger partial charge in [0, 0.05) is 16.8 Å². The van der Waals surface area contributed by atoms with Crippen molar-refractivity contribution < 1.29 is 23.8 Å². The summed E-state index contributed by atoms with van der Waals surface area (Å²) < 4.78 is 15.5. The summed E-state index contributed by atoms with van der Waals surface area (Å²) in [6.07, 6.45) is -1.04. The molecule has 0 aliphatic carbocycles. The molecule has 0 spiro atoms. The minimum Gasteiger partial charge on any atom is -0.493 e. The second-order valence-corrected chi connectivity index (χ2v) is 6.07. The molecule has 0 aromatic heterocycles. The molecule has 2 aromatic carbocycles. The Labute approximate surface area is 160 Å². The zero-order valence-corrected chi connectivity index (χ0v) is 15.9. The molecule has 0 radical (unpaired) electrons. The van der Waals surface area contributed by atoms with E-state index in [-0.39, 0.29) is 10.6 Å². The summed E-state index contributed by atoms with van der Waals surface area (Å²) in [5.41, 5.74) is 0.599. The largest absolute Gasteiger partial charge is 0.493 e. The van der Waals surface area contributed by atoms with E-state index >= 15 is 0 Å². The van der Waals surface area contributed by atoms with Crippen LogP contribution in [0.2, 0.25) is 10.0 Å². The highest BCUT2D eigenvalue weighted by Crippen LogP contribution is 2.30. The van der Waals surface area contributed by atoms with E-state index < -0.39 is 18.0 Å². The van der Waals surface area contributed by atoms with Crippen LogP contribution in [-0.4, -0.2) is 32.2 Å². The summed E-state index contributed by atoms with van der Waals surface area (Å²) in [4.78, 5) is 24.4. The van der Waals surface area contributed by atoms with Crippen LogP contribution in [0.4, 0.5) is 5.69 Å². The van der Waals surface area contributed by atoms with Crippen molar-refractivity contribution in [3.8, 4) is 11.5 Å². The van der Waals surface area contributed by atoms with Crippen LogP contribution < -0.4 is 14.8 Å². The number of methoxy groups -OCH3 is 2. The maximum Gasteiger partial charge on any atom is 0.340 e. The van der Waals surface area contributed by atoms with Crippen molar-refractivity contribution in [2.45, 2.75) is 13.0 Å². The monoisotopic (exact) mass is 397 g/mol. The lowest BCUT2D eigenvalue weighted by atomic mass is 10.2. The lowest BCUT2D eigenvalue weighted by Crippen LogP contribution is -2.30. The summed E-state index contributed by atoms with van der Waals surface area (Å²) in [5.74, 6) is -0.234. The molecule has 0 saturated carbocycles. The third-order valence-corrected chi connectivity index (χ3v) is 4.00. The van der Waals surface area contributed by atoms with E-state index in [1.165, 1.54) is 39.3 Å². The minimum absolute atomic E-state index is 0.127. The van der Waals surface area contributed by atoms with Gasteiger partial charge in [-0.1, -0.05) is 23.2 Å². The number of esters is 1. The average molecular weight is 398 g/mol. The van der Waals surface area contributed by atoms with E-state index in [1.54, 1.807) is 18.2 Å². The number of carbonyl (C=O) groups excluding carboxylic acids is 2. The Hall–Kier alpha value is -2.44. The van der Waals surface area contributed by atoms with Crippen LogP contribution in [0.1, 0.15) is 17.3 Å². The Morgan fingerprint density at radius 3 is 2.31 bits per heavy atom. The van der Waals surface area contributed by atoms with Crippen molar-refractivity contribution in [1.82, 2.24) is 0 Å². The molecule has 26 heavy (non-hydrogen) atoms. The first-order valence-electron chi connectivity index (χ1n) is 7.54. The number of ether oxygens (including phenoxy) is 3. The van der Waals surface area contributed by atoms with Gasteiger partial charge in [-0.05, 0) is 37.3 Å². The second kappa shape index (κ2) is 8.78. The Morgan fingerprint density at radius 1 is 1.00 bits per heavy atom. The number of amides is 1. The van der Waals surface area contributed by atoms with E-state index in [4.69, 9.17) is 37.4 Å². The molecule has 2 rings (SSSR count). The fourth-order valence-electron chi connectivity index (χ4n) is 2.09. The van der Waals surface area contributed by atoms with Gasteiger partial charge in [0.05, 0.1) is 24.8 Å². The Morgan fingerprint density at radius 2 is 1.69 bits per heavy atom. The molecule has 8 heteroatoms. The van der Waals surface area contributed by atoms with Crippen LogP contribution in [0, 0.1) is 0 Å². The van der Waals surface area contributed by atoms with Crippen molar-refractivity contribution in [1.29, 1.82) is 0 Å². The van der Waals surface area contributed by atoms with E-state index in [1.807, 2.05) is 0 Å². The number of halogens is 2. The van der Waals surface area contributed by atoms with Gasteiger partial charge in [-0.2, -0.15) is 0 Å². The summed E-state index contributed by atoms with van der Waals surface area (Å²) >= 11 is 11.8. The number of hydrogen-bond acceptors (Lipinski definition) is 5. The third-order valence-electron chi connectivity index (χ3n) is 3.46. The maximum absolute atomic E-state index is 12.3. The molecule has 6 nitrogen and oxygen atoms in total. The average Bonchev–Trinajstić information content (AvgIpc) is 2.61. The van der Waals surface area contributed by atoms with Gasteiger partial charge < -0.3 is 19.5 Å². The van der Waals surface area contributed by atoms with Crippen molar-refractivity contribution in [2.75, 3.05) is 19.5 Å². The van der Waals surface area contributed by atoms with E-state index in [2.05, 4.69) is 5.32 Å². The quantitative estimate of drug-likeness (QED) is 0.739. The van der Waals surface area contributed by atoms with Gasteiger partial charge in [-0.15, -0.1) is 0 Å². The first-order valence-corrected chi connectivity index (χ1v) is 8.30. The van der Waals surface area contributed by atoms with Crippen molar-refractivity contribution >= 4 is 40.8 Å². The van der Waals surface area contributed by atoms with Crippen LogP contribution in [0.3, 0.4) is 0 Å². The smallest absolute Gasteiger partial charge is 0.340 e. The summed E-state index contributed by atoms with van der Waals surface area (Å²) in [5, 5.41) is 3.18. The van der Waals surface area contributed by atoms with E-state index in [0.717, 1.165) is 0 Å². The summed E-state index contributed by atoms with van der Waals surface area (Å²) in [6, 6.07) is 9.27. The number of benzene rings is 2. The fourth-order valence-corrected chi connectivity index (χ4v) is 2.58. The second-order valence-electron chi connectivity index (χ2n) is 5.23. The maximum atomic E-state index is 12.3. The number of rotatable bonds is 6. The number of anilines is 1. The number of carbonyl (C=O) groups is 2. The van der Waals surface area contributed by atoms with Gasteiger partial charge in [0.15, 0.2) is 17.6 Å². The molecule has 0 bridgehead atoms.